The number of nitrogens with zero attached hydrogens (tertiary/aromatic N) is 1. The smallest absolute Gasteiger partial charge is 0.0593 e. The summed E-state index contributed by atoms with van der Waals surface area (Å²) in [6.45, 7) is 8.06. The van der Waals surface area contributed by atoms with Crippen molar-refractivity contribution >= 4 is 0 Å². The maximum Gasteiger partial charge on any atom is 0.0593 e. The summed E-state index contributed by atoms with van der Waals surface area (Å²) < 4.78 is 5.48. The molecule has 0 aromatic carbocycles. The molecule has 1 N–H and O–H groups in total. The first-order valence-corrected chi connectivity index (χ1v) is 5.66. The Balaban J connectivity index is 3.12. The van der Waals surface area contributed by atoms with Crippen molar-refractivity contribution in [3.8, 4) is 0 Å². The van der Waals surface area contributed by atoms with E-state index in [1.165, 1.54) is 12.8 Å². The third-order valence-corrected chi connectivity index (χ3v) is 2.35. The van der Waals surface area contributed by atoms with E-state index in [9.17, 15) is 0 Å². The van der Waals surface area contributed by atoms with E-state index < -0.39 is 0 Å². The second-order valence-corrected chi connectivity index (χ2v) is 3.88. The van der Waals surface area contributed by atoms with Gasteiger partial charge in [-0.3, -0.25) is 0 Å². The summed E-state index contributed by atoms with van der Waals surface area (Å²) >= 11 is 0. The van der Waals surface area contributed by atoms with Crippen LogP contribution in [0, 0.1) is 0 Å². The highest BCUT2D eigenvalue weighted by atomic mass is 16.5. The largest absolute Gasteiger partial charge is 0.379 e. The van der Waals surface area contributed by atoms with Gasteiger partial charge in [-0.25, -0.2) is 0 Å². The van der Waals surface area contributed by atoms with E-state index in [2.05, 4.69) is 38.2 Å². The van der Waals surface area contributed by atoms with E-state index in [0.29, 0.717) is 6.04 Å². The van der Waals surface area contributed by atoms with Crippen LogP contribution in [-0.4, -0.2) is 51.3 Å². The lowest BCUT2D eigenvalue weighted by Crippen LogP contribution is -2.31. The Morgan fingerprint density at radius 2 is 1.79 bits per heavy atom. The van der Waals surface area contributed by atoms with Crippen molar-refractivity contribution in [2.24, 2.45) is 0 Å². The molecule has 0 radical (unpaired) electrons. The molecular formula is C11H26N2O. The van der Waals surface area contributed by atoms with Crippen LogP contribution >= 0.6 is 0 Å². The molecule has 0 aliphatic rings. The lowest BCUT2D eigenvalue weighted by atomic mass is 10.2. The highest BCUT2D eigenvalue weighted by molar-refractivity contribution is 4.61. The predicted octanol–water partition coefficient (Wildman–Crippen LogP) is 1.34. The minimum absolute atomic E-state index is 0.660. The van der Waals surface area contributed by atoms with Gasteiger partial charge in [-0.2, -0.15) is 0 Å². The molecule has 0 amide bonds. The molecule has 0 unspecified atom stereocenters. The summed E-state index contributed by atoms with van der Waals surface area (Å²) in [6, 6.07) is 0.660. The summed E-state index contributed by atoms with van der Waals surface area (Å²) in [4.78, 5) is 2.13. The van der Waals surface area contributed by atoms with Gasteiger partial charge < -0.3 is 15.0 Å². The minimum atomic E-state index is 0.660. The van der Waals surface area contributed by atoms with E-state index in [1.807, 2.05) is 0 Å². The number of rotatable bonds is 9. The zero-order valence-electron chi connectivity index (χ0n) is 10.2. The van der Waals surface area contributed by atoms with Gasteiger partial charge in [-0.05, 0) is 26.9 Å². The number of likely N-dealkylation sites (N-methyl/N-ethyl adjacent to an activating group) is 1. The summed E-state index contributed by atoms with van der Waals surface area (Å²) in [5, 5.41) is 3.47. The Kier molecular flexibility index (Phi) is 9.35. The first kappa shape index (κ1) is 13.9. The second-order valence-electron chi connectivity index (χ2n) is 3.88. The van der Waals surface area contributed by atoms with Crippen molar-refractivity contribution in [3.05, 3.63) is 0 Å². The van der Waals surface area contributed by atoms with Crippen molar-refractivity contribution in [3.63, 3.8) is 0 Å². The topological polar surface area (TPSA) is 24.5 Å². The maximum atomic E-state index is 5.48. The first-order valence-electron chi connectivity index (χ1n) is 5.66. The molecule has 0 bridgehead atoms. The molecule has 86 valence electrons. The average Bonchev–Trinajstić information content (AvgIpc) is 2.16. The van der Waals surface area contributed by atoms with Crippen LogP contribution in [0.25, 0.3) is 0 Å². The first-order chi connectivity index (χ1) is 6.70. The van der Waals surface area contributed by atoms with E-state index in [4.69, 9.17) is 4.74 Å². The fourth-order valence-corrected chi connectivity index (χ4v) is 1.26. The Morgan fingerprint density at radius 3 is 2.29 bits per heavy atom. The molecular weight excluding hydrogens is 176 g/mol. The third-order valence-electron chi connectivity index (χ3n) is 2.35. The summed E-state index contributed by atoms with van der Waals surface area (Å²) in [6.07, 6.45) is 2.41. The van der Waals surface area contributed by atoms with Gasteiger partial charge in [0, 0.05) is 19.1 Å². The van der Waals surface area contributed by atoms with Crippen molar-refractivity contribution in [1.29, 1.82) is 0 Å². The molecule has 0 aromatic rings. The lowest BCUT2D eigenvalue weighted by molar-refractivity contribution is 0.117. The summed E-state index contributed by atoms with van der Waals surface area (Å²) in [7, 11) is 4.12. The van der Waals surface area contributed by atoms with Crippen LogP contribution in [0.2, 0.25) is 0 Å². The van der Waals surface area contributed by atoms with E-state index in [1.54, 1.807) is 0 Å². The molecule has 14 heavy (non-hydrogen) atoms. The molecule has 0 heterocycles. The van der Waals surface area contributed by atoms with Gasteiger partial charge in [0.1, 0.15) is 0 Å². The predicted molar refractivity (Wildman–Crippen MR) is 61.7 cm³/mol. The van der Waals surface area contributed by atoms with Crippen molar-refractivity contribution in [2.45, 2.75) is 32.7 Å². The molecule has 0 aromatic heterocycles. The fourth-order valence-electron chi connectivity index (χ4n) is 1.26. The van der Waals surface area contributed by atoms with Crippen molar-refractivity contribution in [1.82, 2.24) is 10.2 Å². The Hall–Kier alpha value is -0.120. The molecule has 0 saturated heterocycles. The van der Waals surface area contributed by atoms with Crippen molar-refractivity contribution in [2.75, 3.05) is 40.4 Å². The fraction of sp³-hybridized carbons (Fsp3) is 1.00. The zero-order valence-corrected chi connectivity index (χ0v) is 10.2. The Bertz CT molecular complexity index is 114. The van der Waals surface area contributed by atoms with Crippen LogP contribution in [0.1, 0.15) is 26.7 Å². The van der Waals surface area contributed by atoms with Crippen LogP contribution in [0.15, 0.2) is 0 Å². The number of hydrogen-bond donors (Lipinski definition) is 1. The zero-order chi connectivity index (χ0) is 10.8. The van der Waals surface area contributed by atoms with Crippen LogP contribution in [0.5, 0.6) is 0 Å². The monoisotopic (exact) mass is 202 g/mol. The van der Waals surface area contributed by atoms with Crippen LogP contribution in [-0.2, 0) is 4.74 Å². The molecule has 0 saturated carbocycles. The second kappa shape index (κ2) is 9.44. The van der Waals surface area contributed by atoms with Gasteiger partial charge in [0.05, 0.1) is 13.2 Å². The normalized spacial score (nSPS) is 11.6. The number of hydrogen-bond acceptors (Lipinski definition) is 3. The molecule has 3 nitrogen and oxygen atoms in total. The molecule has 0 rings (SSSR count). The molecule has 0 aliphatic carbocycles. The molecule has 0 aliphatic heterocycles. The molecule has 0 atom stereocenters. The molecule has 0 fully saturated rings. The van der Waals surface area contributed by atoms with Gasteiger partial charge in [0.2, 0.25) is 0 Å². The quantitative estimate of drug-likeness (QED) is 0.571. The van der Waals surface area contributed by atoms with Crippen LogP contribution in [0.3, 0.4) is 0 Å². The van der Waals surface area contributed by atoms with E-state index in [-0.39, 0.29) is 0 Å². The van der Waals surface area contributed by atoms with Gasteiger partial charge in [0.15, 0.2) is 0 Å². The Morgan fingerprint density at radius 1 is 1.14 bits per heavy atom. The summed E-state index contributed by atoms with van der Waals surface area (Å²) in [5.41, 5.74) is 0. The SMILES string of the molecule is CCC(CC)NCCOCCN(C)C. The molecule has 3 heteroatoms. The van der Waals surface area contributed by atoms with Crippen molar-refractivity contribution < 1.29 is 4.74 Å². The van der Waals surface area contributed by atoms with Gasteiger partial charge in [-0.1, -0.05) is 13.8 Å². The van der Waals surface area contributed by atoms with Crippen LogP contribution in [0.4, 0.5) is 0 Å². The number of nitrogens with one attached hydrogen (secondary N) is 1. The van der Waals surface area contributed by atoms with E-state index >= 15 is 0 Å². The maximum absolute atomic E-state index is 5.48. The van der Waals surface area contributed by atoms with E-state index in [0.717, 1.165) is 26.3 Å². The highest BCUT2D eigenvalue weighted by Crippen LogP contribution is 1.94. The number of ether oxygens (including phenoxy) is 1. The summed E-state index contributed by atoms with van der Waals surface area (Å²) in [5.74, 6) is 0. The van der Waals surface area contributed by atoms with Gasteiger partial charge in [0.25, 0.3) is 0 Å². The average molecular weight is 202 g/mol. The van der Waals surface area contributed by atoms with Gasteiger partial charge >= 0.3 is 0 Å². The minimum Gasteiger partial charge on any atom is -0.379 e. The third kappa shape index (κ3) is 8.48. The standard InChI is InChI=1S/C11H26N2O/c1-5-11(6-2)12-7-9-14-10-8-13(3)4/h11-12H,5-10H2,1-4H3. The molecule has 0 spiro atoms. The highest BCUT2D eigenvalue weighted by Gasteiger charge is 2.00. The van der Waals surface area contributed by atoms with Gasteiger partial charge in [-0.15, -0.1) is 0 Å². The van der Waals surface area contributed by atoms with Crippen LogP contribution < -0.4 is 5.32 Å². The lowest BCUT2D eigenvalue weighted by Gasteiger charge is -2.15. The Labute approximate surface area is 88.8 Å².